The Morgan fingerprint density at radius 2 is 1.61 bits per heavy atom. The molecule has 3 N–H and O–H groups in total. The van der Waals surface area contributed by atoms with Crippen molar-refractivity contribution in [3.63, 3.8) is 0 Å². The number of phenolic OH excluding ortho intramolecular Hbond substituents is 1. The van der Waals surface area contributed by atoms with Crippen LogP contribution in [-0.2, 0) is 0 Å². The number of rotatable bonds is 2. The van der Waals surface area contributed by atoms with E-state index in [0.717, 1.165) is 30.6 Å². The summed E-state index contributed by atoms with van der Waals surface area (Å²) in [6.07, 6.45) is 3.22. The Balaban J connectivity index is 1.56. The standard InChI is InChI=1S/C28H28N2O2S/c1-17-15-20(31)16-23-24(17)25(18-9-4-2-5-10-18)21-13-8-14-22-26(19-11-6-3-7-12-19)29-27(33)30-28(21,22)32-23/h2-7,9-12,15-16,21-22,25-26,31H,8,13-14H2,1H3,(H2,29,30,33)/t21-,22+,25+,26+,28+/m0/s1. The van der Waals surface area contributed by atoms with Crippen molar-refractivity contribution in [2.75, 3.05) is 0 Å². The van der Waals surface area contributed by atoms with Crippen LogP contribution in [0.5, 0.6) is 11.5 Å². The van der Waals surface area contributed by atoms with Crippen molar-refractivity contribution >= 4 is 17.3 Å². The van der Waals surface area contributed by atoms with Gasteiger partial charge in [0.05, 0.1) is 6.04 Å². The van der Waals surface area contributed by atoms with Crippen LogP contribution in [0.4, 0.5) is 0 Å². The lowest BCUT2D eigenvalue weighted by atomic mass is 9.60. The van der Waals surface area contributed by atoms with E-state index >= 15 is 0 Å². The number of thiocarbonyl (C=S) groups is 1. The van der Waals surface area contributed by atoms with E-state index in [1.54, 1.807) is 6.07 Å². The molecular formula is C28H28N2O2S. The summed E-state index contributed by atoms with van der Waals surface area (Å²) in [5.41, 5.74) is 4.10. The van der Waals surface area contributed by atoms with Crippen molar-refractivity contribution in [3.8, 4) is 11.5 Å². The molecule has 1 spiro atoms. The van der Waals surface area contributed by atoms with Gasteiger partial charge in [-0.05, 0) is 54.7 Å². The van der Waals surface area contributed by atoms with Crippen LogP contribution < -0.4 is 15.4 Å². The van der Waals surface area contributed by atoms with Crippen molar-refractivity contribution in [3.05, 3.63) is 95.1 Å². The minimum Gasteiger partial charge on any atom is -0.508 e. The van der Waals surface area contributed by atoms with E-state index in [1.165, 1.54) is 16.7 Å². The molecule has 3 aromatic rings. The number of fused-ring (bicyclic) bond motifs is 1. The maximum absolute atomic E-state index is 10.5. The van der Waals surface area contributed by atoms with E-state index in [1.807, 2.05) is 12.1 Å². The van der Waals surface area contributed by atoms with Crippen LogP contribution in [0.1, 0.15) is 53.5 Å². The van der Waals surface area contributed by atoms with E-state index in [9.17, 15) is 5.11 Å². The fraction of sp³-hybridized carbons (Fsp3) is 0.321. The molecule has 0 amide bonds. The zero-order chi connectivity index (χ0) is 22.6. The molecule has 1 saturated heterocycles. The zero-order valence-corrected chi connectivity index (χ0v) is 19.4. The molecule has 1 saturated carbocycles. The van der Waals surface area contributed by atoms with E-state index in [-0.39, 0.29) is 29.5 Å². The van der Waals surface area contributed by atoms with Gasteiger partial charge in [-0.25, -0.2) is 0 Å². The van der Waals surface area contributed by atoms with Gasteiger partial charge in [0.25, 0.3) is 0 Å². The van der Waals surface area contributed by atoms with Gasteiger partial charge in [0, 0.05) is 29.4 Å². The highest BCUT2D eigenvalue weighted by atomic mass is 32.1. The Kier molecular flexibility index (Phi) is 4.84. The first kappa shape index (κ1) is 20.5. The third-order valence-corrected chi connectivity index (χ3v) is 7.99. The number of hydrogen-bond acceptors (Lipinski definition) is 3. The molecule has 3 aliphatic rings. The van der Waals surface area contributed by atoms with Crippen molar-refractivity contribution in [2.24, 2.45) is 11.8 Å². The molecule has 1 aliphatic carbocycles. The van der Waals surface area contributed by atoms with Gasteiger partial charge < -0.3 is 20.5 Å². The van der Waals surface area contributed by atoms with Crippen LogP contribution in [0.25, 0.3) is 0 Å². The molecule has 4 nitrogen and oxygen atoms in total. The molecule has 168 valence electrons. The van der Waals surface area contributed by atoms with Crippen LogP contribution in [0.2, 0.25) is 0 Å². The molecule has 3 aromatic carbocycles. The van der Waals surface area contributed by atoms with Gasteiger partial charge in [-0.3, -0.25) is 0 Å². The predicted molar refractivity (Wildman–Crippen MR) is 133 cm³/mol. The molecule has 33 heavy (non-hydrogen) atoms. The second kappa shape index (κ2) is 7.77. The number of benzene rings is 3. The van der Waals surface area contributed by atoms with Crippen LogP contribution in [0.15, 0.2) is 72.8 Å². The lowest BCUT2D eigenvalue weighted by Crippen LogP contribution is -2.73. The molecule has 0 unspecified atom stereocenters. The second-order valence-electron chi connectivity index (χ2n) is 9.59. The van der Waals surface area contributed by atoms with Crippen LogP contribution >= 0.6 is 12.2 Å². The summed E-state index contributed by atoms with van der Waals surface area (Å²) < 4.78 is 6.96. The molecule has 2 heterocycles. The fourth-order valence-electron chi connectivity index (χ4n) is 6.56. The normalized spacial score (nSPS) is 30.0. The summed E-state index contributed by atoms with van der Waals surface area (Å²) >= 11 is 5.77. The summed E-state index contributed by atoms with van der Waals surface area (Å²) in [6, 6.07) is 25.0. The van der Waals surface area contributed by atoms with E-state index in [2.05, 4.69) is 72.2 Å². The summed E-state index contributed by atoms with van der Waals surface area (Å²) in [5.74, 6) is 1.54. The highest BCUT2D eigenvalue weighted by Gasteiger charge is 2.61. The van der Waals surface area contributed by atoms with Crippen LogP contribution in [0, 0.1) is 18.8 Å². The molecule has 5 heteroatoms. The lowest BCUT2D eigenvalue weighted by Gasteiger charge is -2.59. The Morgan fingerprint density at radius 3 is 2.33 bits per heavy atom. The van der Waals surface area contributed by atoms with Crippen molar-refractivity contribution in [1.82, 2.24) is 10.6 Å². The summed E-state index contributed by atoms with van der Waals surface area (Å²) in [4.78, 5) is 0. The Hall–Kier alpha value is -3.05. The minimum atomic E-state index is -0.644. The fourth-order valence-corrected chi connectivity index (χ4v) is 6.84. The summed E-state index contributed by atoms with van der Waals surface area (Å²) in [7, 11) is 0. The summed E-state index contributed by atoms with van der Waals surface area (Å²) in [5, 5.41) is 18.3. The van der Waals surface area contributed by atoms with Gasteiger partial charge in [0.1, 0.15) is 11.5 Å². The Labute approximate surface area is 200 Å². The highest BCUT2D eigenvalue weighted by Crippen LogP contribution is 2.58. The molecule has 0 radical (unpaired) electrons. The highest BCUT2D eigenvalue weighted by molar-refractivity contribution is 7.80. The lowest BCUT2D eigenvalue weighted by molar-refractivity contribution is -0.121. The smallest absolute Gasteiger partial charge is 0.191 e. The van der Waals surface area contributed by atoms with Crippen molar-refractivity contribution in [1.29, 1.82) is 0 Å². The largest absolute Gasteiger partial charge is 0.508 e. The molecule has 6 rings (SSSR count). The molecule has 2 aliphatic heterocycles. The maximum atomic E-state index is 10.5. The van der Waals surface area contributed by atoms with Gasteiger partial charge in [0.2, 0.25) is 0 Å². The van der Waals surface area contributed by atoms with Gasteiger partial charge in [0.15, 0.2) is 10.8 Å². The Bertz CT molecular complexity index is 1200. The molecule has 0 aromatic heterocycles. The van der Waals surface area contributed by atoms with Crippen LogP contribution in [-0.4, -0.2) is 15.9 Å². The van der Waals surface area contributed by atoms with Gasteiger partial charge in [-0.1, -0.05) is 67.1 Å². The number of phenols is 1. The topological polar surface area (TPSA) is 53.5 Å². The van der Waals surface area contributed by atoms with Crippen molar-refractivity contribution in [2.45, 2.75) is 43.9 Å². The number of aryl methyl sites for hydroxylation is 1. The average Bonchev–Trinajstić information content (AvgIpc) is 2.82. The van der Waals surface area contributed by atoms with E-state index < -0.39 is 5.72 Å². The molecule has 0 bridgehead atoms. The first-order chi connectivity index (χ1) is 16.1. The minimum absolute atomic E-state index is 0.0686. The predicted octanol–water partition coefficient (Wildman–Crippen LogP) is 5.56. The Morgan fingerprint density at radius 1 is 0.939 bits per heavy atom. The van der Waals surface area contributed by atoms with E-state index in [4.69, 9.17) is 17.0 Å². The first-order valence-electron chi connectivity index (χ1n) is 11.8. The van der Waals surface area contributed by atoms with Gasteiger partial charge in [-0.2, -0.15) is 0 Å². The maximum Gasteiger partial charge on any atom is 0.191 e. The zero-order valence-electron chi connectivity index (χ0n) is 18.6. The summed E-state index contributed by atoms with van der Waals surface area (Å²) in [6.45, 7) is 2.07. The third kappa shape index (κ3) is 3.21. The SMILES string of the molecule is Cc1cc(O)cc2c1[C@H](c1ccccc1)[C@@H]1CCC[C@@H]3[C@@H](c4ccccc4)NC(=S)N[C@]31O2. The third-order valence-electron chi connectivity index (χ3n) is 7.77. The number of ether oxygens (including phenoxy) is 1. The molecule has 2 fully saturated rings. The number of hydrogen-bond donors (Lipinski definition) is 3. The quantitative estimate of drug-likeness (QED) is 0.441. The average molecular weight is 457 g/mol. The van der Waals surface area contributed by atoms with Gasteiger partial charge in [-0.15, -0.1) is 0 Å². The molecule has 5 atom stereocenters. The first-order valence-corrected chi connectivity index (χ1v) is 12.2. The van der Waals surface area contributed by atoms with Crippen molar-refractivity contribution < 1.29 is 9.84 Å². The second-order valence-corrected chi connectivity index (χ2v) is 10.00. The van der Waals surface area contributed by atoms with Gasteiger partial charge >= 0.3 is 0 Å². The van der Waals surface area contributed by atoms with Crippen LogP contribution in [0.3, 0.4) is 0 Å². The number of aromatic hydroxyl groups is 1. The van der Waals surface area contributed by atoms with E-state index in [0.29, 0.717) is 5.11 Å². The molecular weight excluding hydrogens is 428 g/mol. The number of nitrogens with one attached hydrogen (secondary N) is 2. The monoisotopic (exact) mass is 456 g/mol.